The van der Waals surface area contributed by atoms with Gasteiger partial charge in [0.25, 0.3) is 0 Å². The number of hydrogen-bond donors (Lipinski definition) is 0. The fraction of sp³-hybridized carbons (Fsp3) is 0.259. The highest BCUT2D eigenvalue weighted by Gasteiger charge is 2.47. The molecule has 4 rings (SSSR count). The van der Waals surface area contributed by atoms with Crippen molar-refractivity contribution in [3.05, 3.63) is 90.0 Å². The standard InChI is InChI=1S/C27H27NO5/c1-30-25-14-7-6-13-24(25)22-12-8-11-21(15-22)18-32-19-23-17-27(33-28-23,26(29)31-2)16-20-9-4-3-5-10-20/h3-15H,16-19H2,1-2H3. The summed E-state index contributed by atoms with van der Waals surface area (Å²) in [6.45, 7) is 0.679. The molecule has 0 spiro atoms. The van der Waals surface area contributed by atoms with E-state index in [1.54, 1.807) is 7.11 Å². The number of nitrogens with zero attached hydrogens (tertiary/aromatic N) is 1. The number of esters is 1. The van der Waals surface area contributed by atoms with Crippen molar-refractivity contribution >= 4 is 11.7 Å². The van der Waals surface area contributed by atoms with E-state index in [1.165, 1.54) is 7.11 Å². The zero-order chi connectivity index (χ0) is 23.1. The number of rotatable bonds is 9. The predicted octanol–water partition coefficient (Wildman–Crippen LogP) is 4.81. The summed E-state index contributed by atoms with van der Waals surface area (Å²) in [5.74, 6) is 0.389. The molecule has 0 saturated heterocycles. The molecule has 170 valence electrons. The summed E-state index contributed by atoms with van der Waals surface area (Å²) >= 11 is 0. The average Bonchev–Trinajstić information content (AvgIpc) is 3.28. The van der Waals surface area contributed by atoms with Crippen molar-refractivity contribution in [3.8, 4) is 16.9 Å². The highest BCUT2D eigenvalue weighted by Crippen LogP contribution is 2.31. The molecular formula is C27H27NO5. The summed E-state index contributed by atoms with van der Waals surface area (Å²) < 4.78 is 16.4. The minimum Gasteiger partial charge on any atom is -0.496 e. The van der Waals surface area contributed by atoms with Crippen LogP contribution in [-0.4, -0.2) is 38.1 Å². The van der Waals surface area contributed by atoms with E-state index in [2.05, 4.69) is 11.2 Å². The van der Waals surface area contributed by atoms with Gasteiger partial charge in [-0.1, -0.05) is 71.9 Å². The molecule has 0 fully saturated rings. The topological polar surface area (TPSA) is 66.4 Å². The highest BCUT2D eigenvalue weighted by atomic mass is 16.7. The molecule has 3 aromatic rings. The Kier molecular flexibility index (Phi) is 7.05. The molecule has 0 aliphatic carbocycles. The van der Waals surface area contributed by atoms with Gasteiger partial charge in [0.15, 0.2) is 0 Å². The van der Waals surface area contributed by atoms with Crippen LogP contribution in [0.2, 0.25) is 0 Å². The minimum absolute atomic E-state index is 0.270. The van der Waals surface area contributed by atoms with E-state index < -0.39 is 11.6 Å². The van der Waals surface area contributed by atoms with Crippen LogP contribution in [0.25, 0.3) is 11.1 Å². The number of benzene rings is 3. The Hall–Kier alpha value is -3.64. The molecule has 3 aromatic carbocycles. The van der Waals surface area contributed by atoms with E-state index in [1.807, 2.05) is 72.8 Å². The quantitative estimate of drug-likeness (QED) is 0.442. The van der Waals surface area contributed by atoms with Gasteiger partial charge in [-0.2, -0.15) is 0 Å². The third-order valence-electron chi connectivity index (χ3n) is 5.61. The first kappa shape index (κ1) is 22.6. The van der Waals surface area contributed by atoms with Crippen molar-refractivity contribution in [2.45, 2.75) is 25.0 Å². The molecule has 0 N–H and O–H groups in total. The van der Waals surface area contributed by atoms with E-state index in [4.69, 9.17) is 19.0 Å². The van der Waals surface area contributed by atoms with Gasteiger partial charge in [0.1, 0.15) is 5.75 Å². The van der Waals surface area contributed by atoms with Crippen molar-refractivity contribution in [1.29, 1.82) is 0 Å². The summed E-state index contributed by atoms with van der Waals surface area (Å²) in [6, 6.07) is 25.8. The van der Waals surface area contributed by atoms with Crippen LogP contribution in [0.1, 0.15) is 17.5 Å². The van der Waals surface area contributed by atoms with Gasteiger partial charge >= 0.3 is 5.97 Å². The molecule has 33 heavy (non-hydrogen) atoms. The first-order chi connectivity index (χ1) is 16.1. The van der Waals surface area contributed by atoms with Gasteiger partial charge in [-0.05, 0) is 28.8 Å². The van der Waals surface area contributed by atoms with Crippen LogP contribution in [0.3, 0.4) is 0 Å². The van der Waals surface area contributed by atoms with Crippen LogP contribution in [0.4, 0.5) is 0 Å². The molecule has 1 heterocycles. The summed E-state index contributed by atoms with van der Waals surface area (Å²) in [5.41, 5.74) is 3.62. The SMILES string of the molecule is COC(=O)C1(Cc2ccccc2)CC(COCc2cccc(-c3ccccc3OC)c2)=NO1. The Morgan fingerprint density at radius 2 is 1.70 bits per heavy atom. The lowest BCUT2D eigenvalue weighted by atomic mass is 9.90. The fourth-order valence-corrected chi connectivity index (χ4v) is 4.01. The maximum atomic E-state index is 12.5. The third-order valence-corrected chi connectivity index (χ3v) is 5.61. The van der Waals surface area contributed by atoms with Gasteiger partial charge in [-0.3, -0.25) is 0 Å². The van der Waals surface area contributed by atoms with Crippen molar-refractivity contribution in [1.82, 2.24) is 0 Å². The van der Waals surface area contributed by atoms with Crippen molar-refractivity contribution in [2.24, 2.45) is 5.16 Å². The first-order valence-corrected chi connectivity index (χ1v) is 10.8. The van der Waals surface area contributed by atoms with Gasteiger partial charge in [-0.25, -0.2) is 4.79 Å². The second-order valence-corrected chi connectivity index (χ2v) is 7.97. The molecule has 0 aromatic heterocycles. The van der Waals surface area contributed by atoms with E-state index in [9.17, 15) is 4.79 Å². The molecule has 0 bridgehead atoms. The lowest BCUT2D eigenvalue weighted by Gasteiger charge is -2.23. The smallest absolute Gasteiger partial charge is 0.353 e. The Balaban J connectivity index is 1.38. The van der Waals surface area contributed by atoms with Crippen LogP contribution >= 0.6 is 0 Å². The zero-order valence-corrected chi connectivity index (χ0v) is 18.8. The molecule has 1 atom stereocenters. The molecule has 6 nitrogen and oxygen atoms in total. The second-order valence-electron chi connectivity index (χ2n) is 7.97. The average molecular weight is 446 g/mol. The van der Waals surface area contributed by atoms with Gasteiger partial charge < -0.3 is 19.0 Å². The third kappa shape index (κ3) is 5.23. The Morgan fingerprint density at radius 3 is 2.48 bits per heavy atom. The fourth-order valence-electron chi connectivity index (χ4n) is 4.01. The zero-order valence-electron chi connectivity index (χ0n) is 18.8. The number of methoxy groups -OCH3 is 2. The summed E-state index contributed by atoms with van der Waals surface area (Å²) in [7, 11) is 3.03. The molecule has 1 aliphatic rings. The van der Waals surface area contributed by atoms with Crippen LogP contribution in [-0.2, 0) is 32.1 Å². The molecular weight excluding hydrogens is 418 g/mol. The van der Waals surface area contributed by atoms with Crippen LogP contribution in [0.5, 0.6) is 5.75 Å². The normalized spacial score (nSPS) is 17.2. The molecule has 0 amide bonds. The summed E-state index contributed by atoms with van der Waals surface area (Å²) in [5, 5.41) is 4.15. The van der Waals surface area contributed by atoms with Gasteiger partial charge in [0.2, 0.25) is 5.60 Å². The van der Waals surface area contributed by atoms with Crippen molar-refractivity contribution in [2.75, 3.05) is 20.8 Å². The second kappa shape index (κ2) is 10.3. The Labute approximate surface area is 193 Å². The van der Waals surface area contributed by atoms with Gasteiger partial charge in [0.05, 0.1) is 33.1 Å². The van der Waals surface area contributed by atoms with E-state index in [-0.39, 0.29) is 6.61 Å². The number of carbonyl (C=O) groups is 1. The monoisotopic (exact) mass is 445 g/mol. The van der Waals surface area contributed by atoms with Gasteiger partial charge in [0, 0.05) is 18.4 Å². The summed E-state index contributed by atoms with van der Waals surface area (Å²) in [6.07, 6.45) is 0.713. The number of oxime groups is 1. The van der Waals surface area contributed by atoms with Crippen LogP contribution < -0.4 is 4.74 Å². The largest absolute Gasteiger partial charge is 0.496 e. The minimum atomic E-state index is -1.15. The van der Waals surface area contributed by atoms with Crippen LogP contribution in [0, 0.1) is 0 Å². The van der Waals surface area contributed by atoms with Crippen LogP contribution in [0.15, 0.2) is 84.0 Å². The number of para-hydroxylation sites is 1. The van der Waals surface area contributed by atoms with Crippen molar-refractivity contribution < 1.29 is 23.8 Å². The first-order valence-electron chi connectivity index (χ1n) is 10.8. The molecule has 1 aliphatic heterocycles. The molecule has 1 unspecified atom stereocenters. The number of carbonyl (C=O) groups excluding carboxylic acids is 1. The van der Waals surface area contributed by atoms with E-state index >= 15 is 0 Å². The Morgan fingerprint density at radius 1 is 0.939 bits per heavy atom. The summed E-state index contributed by atoms with van der Waals surface area (Å²) in [4.78, 5) is 18.2. The maximum absolute atomic E-state index is 12.5. The predicted molar refractivity (Wildman–Crippen MR) is 126 cm³/mol. The Bertz CT molecular complexity index is 1130. The highest BCUT2D eigenvalue weighted by molar-refractivity contribution is 5.94. The molecule has 6 heteroatoms. The van der Waals surface area contributed by atoms with E-state index in [0.717, 1.165) is 28.0 Å². The maximum Gasteiger partial charge on any atom is 0.353 e. The van der Waals surface area contributed by atoms with Gasteiger partial charge in [-0.15, -0.1) is 0 Å². The molecule has 0 radical (unpaired) electrons. The lowest BCUT2D eigenvalue weighted by Crippen LogP contribution is -2.42. The van der Waals surface area contributed by atoms with Crippen molar-refractivity contribution in [3.63, 3.8) is 0 Å². The number of hydrogen-bond acceptors (Lipinski definition) is 6. The molecule has 0 saturated carbocycles. The van der Waals surface area contributed by atoms with E-state index in [0.29, 0.717) is 25.2 Å². The number of ether oxygens (including phenoxy) is 3. The lowest BCUT2D eigenvalue weighted by molar-refractivity contribution is -0.166.